The van der Waals surface area contributed by atoms with Crippen molar-refractivity contribution in [3.63, 3.8) is 0 Å². The quantitative estimate of drug-likeness (QED) is 0.849. The van der Waals surface area contributed by atoms with Crippen LogP contribution in [0.1, 0.15) is 26.2 Å². The number of hydrogen-bond donors (Lipinski definition) is 1. The second kappa shape index (κ2) is 7.27. The molecule has 1 aromatic carbocycles. The zero-order valence-corrected chi connectivity index (χ0v) is 13.9. The Labute approximate surface area is 134 Å². The third-order valence-electron chi connectivity index (χ3n) is 4.42. The van der Waals surface area contributed by atoms with Gasteiger partial charge in [-0.1, -0.05) is 28.9 Å². The predicted molar refractivity (Wildman–Crippen MR) is 85.7 cm³/mol. The summed E-state index contributed by atoms with van der Waals surface area (Å²) in [4.78, 5) is 13.7. The molecule has 1 aliphatic heterocycles. The fraction of sp³-hybridized carbons (Fsp3) is 0.562. The SMILES string of the molecule is CCC1(C(=O)O)CCN(CCOc2cccc(Br)c2)CC1. The summed E-state index contributed by atoms with van der Waals surface area (Å²) in [6.07, 6.45) is 2.18. The minimum absolute atomic E-state index is 0.512. The summed E-state index contributed by atoms with van der Waals surface area (Å²) < 4.78 is 6.73. The van der Waals surface area contributed by atoms with Gasteiger partial charge in [0.2, 0.25) is 0 Å². The summed E-state index contributed by atoms with van der Waals surface area (Å²) in [6, 6.07) is 7.80. The minimum Gasteiger partial charge on any atom is -0.492 e. The Bertz CT molecular complexity index is 484. The van der Waals surface area contributed by atoms with E-state index in [2.05, 4.69) is 20.8 Å². The van der Waals surface area contributed by atoms with Gasteiger partial charge in [0, 0.05) is 11.0 Å². The van der Waals surface area contributed by atoms with Gasteiger partial charge in [-0.15, -0.1) is 0 Å². The van der Waals surface area contributed by atoms with E-state index in [9.17, 15) is 9.90 Å². The zero-order chi connectivity index (χ0) is 15.3. The molecule has 0 saturated carbocycles. The molecule has 1 aliphatic rings. The van der Waals surface area contributed by atoms with Crippen LogP contribution in [0.5, 0.6) is 5.75 Å². The molecule has 1 fully saturated rings. The van der Waals surface area contributed by atoms with Crippen molar-refractivity contribution in [1.29, 1.82) is 0 Å². The summed E-state index contributed by atoms with van der Waals surface area (Å²) in [5, 5.41) is 9.38. The molecular formula is C16H22BrNO3. The van der Waals surface area contributed by atoms with Crippen molar-refractivity contribution >= 4 is 21.9 Å². The molecule has 116 valence electrons. The molecule has 0 spiro atoms. The third-order valence-corrected chi connectivity index (χ3v) is 4.91. The van der Waals surface area contributed by atoms with E-state index >= 15 is 0 Å². The van der Waals surface area contributed by atoms with Crippen LogP contribution in [0, 0.1) is 5.41 Å². The van der Waals surface area contributed by atoms with Crippen LogP contribution in [0.25, 0.3) is 0 Å². The lowest BCUT2D eigenvalue weighted by Gasteiger charge is -2.38. The molecule has 0 radical (unpaired) electrons. The summed E-state index contributed by atoms with van der Waals surface area (Å²) in [6.45, 7) is 5.11. The van der Waals surface area contributed by atoms with Gasteiger partial charge in [-0.2, -0.15) is 0 Å². The van der Waals surface area contributed by atoms with Gasteiger partial charge < -0.3 is 9.84 Å². The Hall–Kier alpha value is -1.07. The number of halogens is 1. The third kappa shape index (κ3) is 4.20. The van der Waals surface area contributed by atoms with Gasteiger partial charge in [0.25, 0.3) is 0 Å². The first kappa shape index (κ1) is 16.3. The number of likely N-dealkylation sites (tertiary alicyclic amines) is 1. The van der Waals surface area contributed by atoms with E-state index in [0.29, 0.717) is 13.0 Å². The Balaban J connectivity index is 1.75. The Kier molecular flexibility index (Phi) is 5.65. The summed E-state index contributed by atoms with van der Waals surface area (Å²) in [5.41, 5.74) is -0.512. The molecule has 1 N–H and O–H groups in total. The number of carboxylic acid groups (broad SMARTS) is 1. The highest BCUT2D eigenvalue weighted by atomic mass is 79.9. The lowest BCUT2D eigenvalue weighted by atomic mass is 9.76. The van der Waals surface area contributed by atoms with Crippen LogP contribution >= 0.6 is 15.9 Å². The van der Waals surface area contributed by atoms with E-state index in [4.69, 9.17) is 4.74 Å². The molecule has 0 amide bonds. The van der Waals surface area contributed by atoms with Gasteiger partial charge in [0.15, 0.2) is 0 Å². The summed E-state index contributed by atoms with van der Waals surface area (Å²) >= 11 is 3.42. The van der Waals surface area contributed by atoms with Crippen molar-refractivity contribution in [2.75, 3.05) is 26.2 Å². The number of rotatable bonds is 6. The van der Waals surface area contributed by atoms with Crippen LogP contribution in [0.4, 0.5) is 0 Å². The molecule has 1 aromatic rings. The molecule has 0 aromatic heterocycles. The van der Waals surface area contributed by atoms with Crippen molar-refractivity contribution in [3.8, 4) is 5.75 Å². The molecule has 21 heavy (non-hydrogen) atoms. The highest BCUT2D eigenvalue weighted by molar-refractivity contribution is 9.10. The second-order valence-electron chi connectivity index (χ2n) is 5.59. The molecular weight excluding hydrogens is 334 g/mol. The molecule has 0 aliphatic carbocycles. The van der Waals surface area contributed by atoms with Crippen molar-refractivity contribution in [2.24, 2.45) is 5.41 Å². The number of aliphatic carboxylic acids is 1. The molecule has 0 bridgehead atoms. The molecule has 4 nitrogen and oxygen atoms in total. The first-order valence-corrected chi connectivity index (χ1v) is 8.19. The normalized spacial score (nSPS) is 18.4. The molecule has 0 unspecified atom stereocenters. The lowest BCUT2D eigenvalue weighted by molar-refractivity contribution is -0.152. The van der Waals surface area contributed by atoms with Crippen LogP contribution in [0.15, 0.2) is 28.7 Å². The van der Waals surface area contributed by atoms with E-state index in [0.717, 1.165) is 42.7 Å². The van der Waals surface area contributed by atoms with Crippen LogP contribution < -0.4 is 4.74 Å². The van der Waals surface area contributed by atoms with E-state index in [1.165, 1.54) is 0 Å². The van der Waals surface area contributed by atoms with E-state index in [-0.39, 0.29) is 0 Å². The van der Waals surface area contributed by atoms with Gasteiger partial charge in [0.1, 0.15) is 12.4 Å². The van der Waals surface area contributed by atoms with Gasteiger partial charge in [-0.3, -0.25) is 9.69 Å². The van der Waals surface area contributed by atoms with Gasteiger partial charge >= 0.3 is 5.97 Å². The maximum absolute atomic E-state index is 11.4. The molecule has 1 saturated heterocycles. The van der Waals surface area contributed by atoms with Crippen molar-refractivity contribution in [2.45, 2.75) is 26.2 Å². The Morgan fingerprint density at radius 3 is 2.71 bits per heavy atom. The van der Waals surface area contributed by atoms with Crippen LogP contribution in [-0.4, -0.2) is 42.2 Å². The first-order valence-electron chi connectivity index (χ1n) is 7.40. The van der Waals surface area contributed by atoms with E-state index in [1.54, 1.807) is 0 Å². The van der Waals surface area contributed by atoms with E-state index < -0.39 is 11.4 Å². The number of nitrogens with zero attached hydrogens (tertiary/aromatic N) is 1. The molecule has 1 heterocycles. The highest BCUT2D eigenvalue weighted by Crippen LogP contribution is 2.34. The van der Waals surface area contributed by atoms with Gasteiger partial charge in [-0.25, -0.2) is 0 Å². The number of carbonyl (C=O) groups is 1. The van der Waals surface area contributed by atoms with Crippen molar-refractivity contribution < 1.29 is 14.6 Å². The topological polar surface area (TPSA) is 49.8 Å². The lowest BCUT2D eigenvalue weighted by Crippen LogP contribution is -2.45. The van der Waals surface area contributed by atoms with E-state index in [1.807, 2.05) is 31.2 Å². The van der Waals surface area contributed by atoms with Crippen molar-refractivity contribution in [3.05, 3.63) is 28.7 Å². The zero-order valence-electron chi connectivity index (χ0n) is 12.3. The Morgan fingerprint density at radius 1 is 1.43 bits per heavy atom. The monoisotopic (exact) mass is 355 g/mol. The standard InChI is InChI=1S/C16H22BrNO3/c1-2-16(15(19)20)6-8-18(9-7-16)10-11-21-14-5-3-4-13(17)12-14/h3-5,12H,2,6-11H2,1H3,(H,19,20). The average Bonchev–Trinajstić information content (AvgIpc) is 2.48. The largest absolute Gasteiger partial charge is 0.492 e. The Morgan fingerprint density at radius 2 is 2.14 bits per heavy atom. The van der Waals surface area contributed by atoms with Gasteiger partial charge in [-0.05, 0) is 50.6 Å². The minimum atomic E-state index is -0.643. The number of carboxylic acids is 1. The van der Waals surface area contributed by atoms with Crippen molar-refractivity contribution in [1.82, 2.24) is 4.90 Å². The fourth-order valence-electron chi connectivity index (χ4n) is 2.77. The fourth-order valence-corrected chi connectivity index (χ4v) is 3.15. The number of ether oxygens (including phenoxy) is 1. The number of piperidine rings is 1. The number of benzene rings is 1. The maximum Gasteiger partial charge on any atom is 0.309 e. The van der Waals surface area contributed by atoms with Crippen LogP contribution in [-0.2, 0) is 4.79 Å². The number of hydrogen-bond acceptors (Lipinski definition) is 3. The predicted octanol–water partition coefficient (Wildman–Crippen LogP) is 3.40. The smallest absolute Gasteiger partial charge is 0.309 e. The van der Waals surface area contributed by atoms with Crippen LogP contribution in [0.3, 0.4) is 0 Å². The summed E-state index contributed by atoms with van der Waals surface area (Å²) in [7, 11) is 0. The maximum atomic E-state index is 11.4. The van der Waals surface area contributed by atoms with Gasteiger partial charge in [0.05, 0.1) is 5.41 Å². The molecule has 0 atom stereocenters. The second-order valence-corrected chi connectivity index (χ2v) is 6.50. The average molecular weight is 356 g/mol. The highest BCUT2D eigenvalue weighted by Gasteiger charge is 2.39. The van der Waals surface area contributed by atoms with Crippen LogP contribution in [0.2, 0.25) is 0 Å². The first-order chi connectivity index (χ1) is 10.1. The summed E-state index contributed by atoms with van der Waals surface area (Å²) in [5.74, 6) is 0.213. The molecule has 2 rings (SSSR count). The molecule has 5 heteroatoms.